The van der Waals surface area contributed by atoms with Crippen LogP contribution in [0.25, 0.3) is 0 Å². The number of hydrogen-bond acceptors (Lipinski definition) is 2. The minimum absolute atomic E-state index is 0.0655. The van der Waals surface area contributed by atoms with E-state index in [1.165, 1.54) is 0 Å². The molecule has 1 fully saturated rings. The summed E-state index contributed by atoms with van der Waals surface area (Å²) in [6, 6.07) is 9.95. The number of carbonyl (C=O) groups is 1. The minimum Gasteiger partial charge on any atom is -0.338 e. The summed E-state index contributed by atoms with van der Waals surface area (Å²) in [7, 11) is 0. The van der Waals surface area contributed by atoms with E-state index in [0.717, 1.165) is 5.56 Å². The van der Waals surface area contributed by atoms with Crippen LogP contribution < -0.4 is 5.32 Å². The highest BCUT2D eigenvalue weighted by molar-refractivity contribution is 5.97. The van der Waals surface area contributed by atoms with Crippen LogP contribution in [0, 0.1) is 5.41 Å². The first-order valence-corrected chi connectivity index (χ1v) is 4.93. The molecule has 0 aromatic heterocycles. The Hall–Kier alpha value is -1.84. The van der Waals surface area contributed by atoms with Gasteiger partial charge in [0.1, 0.15) is 0 Å². The molecule has 0 saturated carbocycles. The molecule has 4 heteroatoms. The number of rotatable bonds is 2. The first-order valence-electron chi connectivity index (χ1n) is 4.93. The number of carbonyl (C=O) groups excluding carboxylic acids is 1. The molecule has 15 heavy (non-hydrogen) atoms. The largest absolute Gasteiger partial charge is 0.338 e. The second kappa shape index (κ2) is 4.13. The SMILES string of the molecule is N=C1NC(=O)CCN1Cc1ccccc1. The van der Waals surface area contributed by atoms with Gasteiger partial charge in [-0.3, -0.25) is 15.5 Å². The molecular formula is C11H13N3O. The Kier molecular flexibility index (Phi) is 2.67. The summed E-state index contributed by atoms with van der Waals surface area (Å²) in [5.41, 5.74) is 1.15. The summed E-state index contributed by atoms with van der Waals surface area (Å²) >= 11 is 0. The molecule has 1 saturated heterocycles. The van der Waals surface area contributed by atoms with Gasteiger partial charge in [-0.1, -0.05) is 30.3 Å². The monoisotopic (exact) mass is 203 g/mol. The predicted molar refractivity (Wildman–Crippen MR) is 57.3 cm³/mol. The Morgan fingerprint density at radius 2 is 2.07 bits per heavy atom. The van der Waals surface area contributed by atoms with Crippen molar-refractivity contribution in [2.75, 3.05) is 6.54 Å². The molecule has 1 aliphatic rings. The van der Waals surface area contributed by atoms with Gasteiger partial charge in [0.2, 0.25) is 5.91 Å². The molecule has 0 unspecified atom stereocenters. The minimum atomic E-state index is -0.0655. The molecule has 0 bridgehead atoms. The average Bonchev–Trinajstić information content (AvgIpc) is 2.24. The second-order valence-corrected chi connectivity index (χ2v) is 3.55. The Balaban J connectivity index is 2.01. The van der Waals surface area contributed by atoms with Crippen molar-refractivity contribution in [1.82, 2.24) is 10.2 Å². The van der Waals surface area contributed by atoms with E-state index in [1.807, 2.05) is 35.2 Å². The van der Waals surface area contributed by atoms with Crippen LogP contribution in [-0.4, -0.2) is 23.3 Å². The maximum atomic E-state index is 11.0. The van der Waals surface area contributed by atoms with E-state index in [9.17, 15) is 4.79 Å². The third-order valence-corrected chi connectivity index (χ3v) is 2.40. The van der Waals surface area contributed by atoms with Crippen molar-refractivity contribution in [2.24, 2.45) is 0 Å². The molecule has 78 valence electrons. The van der Waals surface area contributed by atoms with Crippen molar-refractivity contribution in [2.45, 2.75) is 13.0 Å². The van der Waals surface area contributed by atoms with Gasteiger partial charge in [-0.15, -0.1) is 0 Å². The number of benzene rings is 1. The number of amides is 1. The van der Waals surface area contributed by atoms with Crippen molar-refractivity contribution >= 4 is 11.9 Å². The van der Waals surface area contributed by atoms with Gasteiger partial charge in [0, 0.05) is 19.5 Å². The molecule has 0 atom stereocenters. The fourth-order valence-corrected chi connectivity index (χ4v) is 1.58. The summed E-state index contributed by atoms with van der Waals surface area (Å²) in [5, 5.41) is 10.1. The van der Waals surface area contributed by atoms with Crippen LogP contribution in [0.4, 0.5) is 0 Å². The van der Waals surface area contributed by atoms with Crippen molar-refractivity contribution < 1.29 is 4.79 Å². The van der Waals surface area contributed by atoms with E-state index in [1.54, 1.807) is 0 Å². The van der Waals surface area contributed by atoms with Crippen LogP contribution in [0.2, 0.25) is 0 Å². The molecule has 1 aromatic rings. The number of guanidine groups is 1. The van der Waals surface area contributed by atoms with E-state index in [0.29, 0.717) is 19.5 Å². The average molecular weight is 203 g/mol. The molecular weight excluding hydrogens is 190 g/mol. The lowest BCUT2D eigenvalue weighted by molar-refractivity contribution is -0.121. The third-order valence-electron chi connectivity index (χ3n) is 2.40. The lowest BCUT2D eigenvalue weighted by Gasteiger charge is -2.29. The summed E-state index contributed by atoms with van der Waals surface area (Å²) in [6.45, 7) is 1.31. The zero-order chi connectivity index (χ0) is 10.7. The highest BCUT2D eigenvalue weighted by Gasteiger charge is 2.19. The van der Waals surface area contributed by atoms with Gasteiger partial charge in [0.05, 0.1) is 0 Å². The van der Waals surface area contributed by atoms with E-state index in [2.05, 4.69) is 5.32 Å². The molecule has 2 rings (SSSR count). The van der Waals surface area contributed by atoms with E-state index >= 15 is 0 Å². The highest BCUT2D eigenvalue weighted by Crippen LogP contribution is 2.07. The fourth-order valence-electron chi connectivity index (χ4n) is 1.58. The van der Waals surface area contributed by atoms with E-state index < -0.39 is 0 Å². The first-order chi connectivity index (χ1) is 7.25. The maximum absolute atomic E-state index is 11.0. The van der Waals surface area contributed by atoms with Crippen molar-refractivity contribution in [3.8, 4) is 0 Å². The van der Waals surface area contributed by atoms with Crippen LogP contribution in [-0.2, 0) is 11.3 Å². The van der Waals surface area contributed by atoms with Gasteiger partial charge >= 0.3 is 0 Å². The molecule has 1 aliphatic heterocycles. The summed E-state index contributed by atoms with van der Waals surface area (Å²) < 4.78 is 0. The Bertz CT molecular complexity index is 375. The summed E-state index contributed by atoms with van der Waals surface area (Å²) in [4.78, 5) is 12.9. The fraction of sp³-hybridized carbons (Fsp3) is 0.273. The normalized spacial score (nSPS) is 16.4. The van der Waals surface area contributed by atoms with Crippen molar-refractivity contribution in [1.29, 1.82) is 5.41 Å². The van der Waals surface area contributed by atoms with Crippen LogP contribution in [0.3, 0.4) is 0 Å². The Morgan fingerprint density at radius 1 is 1.33 bits per heavy atom. The van der Waals surface area contributed by atoms with Crippen LogP contribution >= 0.6 is 0 Å². The van der Waals surface area contributed by atoms with Crippen LogP contribution in [0.1, 0.15) is 12.0 Å². The molecule has 4 nitrogen and oxygen atoms in total. The van der Waals surface area contributed by atoms with Crippen LogP contribution in [0.15, 0.2) is 30.3 Å². The topological polar surface area (TPSA) is 56.2 Å². The Labute approximate surface area is 88.4 Å². The molecule has 0 aliphatic carbocycles. The molecule has 2 N–H and O–H groups in total. The van der Waals surface area contributed by atoms with Crippen molar-refractivity contribution in [3.63, 3.8) is 0 Å². The molecule has 1 aromatic carbocycles. The molecule has 0 radical (unpaired) electrons. The molecule has 1 heterocycles. The molecule has 1 amide bonds. The second-order valence-electron chi connectivity index (χ2n) is 3.55. The van der Waals surface area contributed by atoms with Gasteiger partial charge in [0.25, 0.3) is 0 Å². The third kappa shape index (κ3) is 2.34. The van der Waals surface area contributed by atoms with Crippen molar-refractivity contribution in [3.05, 3.63) is 35.9 Å². The number of hydrogen-bond donors (Lipinski definition) is 2. The Morgan fingerprint density at radius 3 is 2.73 bits per heavy atom. The summed E-state index contributed by atoms with van der Waals surface area (Å²) in [5.74, 6) is 0.138. The van der Waals surface area contributed by atoms with Gasteiger partial charge in [-0.2, -0.15) is 0 Å². The van der Waals surface area contributed by atoms with Crippen LogP contribution in [0.5, 0.6) is 0 Å². The zero-order valence-electron chi connectivity index (χ0n) is 8.36. The summed E-state index contributed by atoms with van der Waals surface area (Å²) in [6.07, 6.45) is 0.467. The lowest BCUT2D eigenvalue weighted by atomic mass is 10.2. The van der Waals surface area contributed by atoms with Gasteiger partial charge in [-0.05, 0) is 5.56 Å². The van der Waals surface area contributed by atoms with Gasteiger partial charge in [-0.25, -0.2) is 0 Å². The number of nitrogens with one attached hydrogen (secondary N) is 2. The van der Waals surface area contributed by atoms with Gasteiger partial charge in [0.15, 0.2) is 5.96 Å². The predicted octanol–water partition coefficient (Wildman–Crippen LogP) is 0.943. The molecule has 0 spiro atoms. The van der Waals surface area contributed by atoms with E-state index in [4.69, 9.17) is 5.41 Å². The maximum Gasteiger partial charge on any atom is 0.228 e. The lowest BCUT2D eigenvalue weighted by Crippen LogP contribution is -2.49. The first kappa shape index (κ1) is 9.71. The van der Waals surface area contributed by atoms with E-state index in [-0.39, 0.29) is 11.9 Å². The number of nitrogens with zero attached hydrogens (tertiary/aromatic N) is 1. The highest BCUT2D eigenvalue weighted by atomic mass is 16.2. The standard InChI is InChI=1S/C11H13N3O/c12-11-13-10(15)6-7-14(11)8-9-4-2-1-3-5-9/h1-5H,6-8H2,(H2,12,13,15). The van der Waals surface area contributed by atoms with Gasteiger partial charge < -0.3 is 4.90 Å². The zero-order valence-corrected chi connectivity index (χ0v) is 8.36. The smallest absolute Gasteiger partial charge is 0.228 e. The quantitative estimate of drug-likeness (QED) is 0.751.